The van der Waals surface area contributed by atoms with Crippen LogP contribution in [0.2, 0.25) is 0 Å². The molecule has 0 bridgehead atoms. The summed E-state index contributed by atoms with van der Waals surface area (Å²) < 4.78 is 2.22. The molecule has 5 rings (SSSR count). The first-order valence-electron chi connectivity index (χ1n) is 8.27. The van der Waals surface area contributed by atoms with Crippen molar-refractivity contribution in [2.24, 2.45) is 4.99 Å². The lowest BCUT2D eigenvalue weighted by atomic mass is 10.2. The lowest BCUT2D eigenvalue weighted by molar-refractivity contribution is -0.115. The van der Waals surface area contributed by atoms with Crippen LogP contribution in [0.15, 0.2) is 58.7 Å². The first kappa shape index (κ1) is 16.1. The maximum absolute atomic E-state index is 12.2. The fraction of sp³-hybridized carbons (Fsp3) is 0.0526. The third-order valence-corrected chi connectivity index (χ3v) is 5.92. The molecule has 27 heavy (non-hydrogen) atoms. The van der Waals surface area contributed by atoms with Gasteiger partial charge in [-0.25, -0.2) is 15.0 Å². The van der Waals surface area contributed by atoms with Gasteiger partial charge in [0.2, 0.25) is 5.96 Å². The lowest BCUT2D eigenvalue weighted by Crippen LogP contribution is -2.25. The Balaban J connectivity index is 1.35. The summed E-state index contributed by atoms with van der Waals surface area (Å²) in [7, 11) is 0. The Hall–Kier alpha value is -3.10. The predicted octanol–water partition coefficient (Wildman–Crippen LogP) is 3.52. The van der Waals surface area contributed by atoms with Crippen LogP contribution in [0, 0.1) is 0 Å². The van der Waals surface area contributed by atoms with Gasteiger partial charge >= 0.3 is 0 Å². The molecule has 2 N–H and O–H groups in total. The second kappa shape index (κ2) is 6.57. The highest BCUT2D eigenvalue weighted by atomic mass is 32.1. The number of carbonyl (C=O) groups is 1. The largest absolute Gasteiger partial charge is 0.321 e. The van der Waals surface area contributed by atoms with E-state index in [0.29, 0.717) is 18.2 Å². The van der Waals surface area contributed by atoms with Crippen molar-refractivity contribution in [1.82, 2.24) is 20.6 Å². The molecule has 132 valence electrons. The Labute approximate surface area is 162 Å². The Kier molecular flexibility index (Phi) is 3.92. The van der Waals surface area contributed by atoms with Crippen LogP contribution in [-0.2, 0) is 11.3 Å². The van der Waals surface area contributed by atoms with Crippen LogP contribution in [0.4, 0.5) is 0 Å². The topological polar surface area (TPSA) is 79.3 Å². The normalized spacial score (nSPS) is 17.1. The summed E-state index contributed by atoms with van der Waals surface area (Å²) in [6, 6.07) is 13.9. The molecule has 1 aliphatic heterocycles. The molecular weight excluding hydrogens is 378 g/mol. The molecule has 8 heteroatoms. The molecular formula is C19H13N5OS2. The Morgan fingerprint density at radius 1 is 1.07 bits per heavy atom. The van der Waals surface area contributed by atoms with Crippen LogP contribution in [-0.4, -0.2) is 21.8 Å². The number of aliphatic imine (C=N–C) groups is 1. The van der Waals surface area contributed by atoms with Crippen LogP contribution in [0.3, 0.4) is 0 Å². The van der Waals surface area contributed by atoms with E-state index >= 15 is 0 Å². The average Bonchev–Trinajstić information content (AvgIpc) is 3.38. The van der Waals surface area contributed by atoms with Gasteiger partial charge in [-0.1, -0.05) is 18.2 Å². The number of rotatable bonds is 3. The van der Waals surface area contributed by atoms with E-state index < -0.39 is 0 Å². The Morgan fingerprint density at radius 2 is 2.00 bits per heavy atom. The van der Waals surface area contributed by atoms with E-state index in [1.54, 1.807) is 22.7 Å². The molecule has 4 aromatic rings. The molecule has 0 saturated carbocycles. The van der Waals surface area contributed by atoms with Crippen molar-refractivity contribution in [3.8, 4) is 0 Å². The van der Waals surface area contributed by atoms with Gasteiger partial charge in [0.15, 0.2) is 0 Å². The fourth-order valence-corrected chi connectivity index (χ4v) is 4.45. The number of amides is 1. The summed E-state index contributed by atoms with van der Waals surface area (Å²) >= 11 is 3.19. The Bertz CT molecular complexity index is 1200. The van der Waals surface area contributed by atoms with E-state index in [-0.39, 0.29) is 5.91 Å². The van der Waals surface area contributed by atoms with Gasteiger partial charge in [-0.15, -0.1) is 22.7 Å². The highest BCUT2D eigenvalue weighted by molar-refractivity contribution is 7.18. The monoisotopic (exact) mass is 391 g/mol. The van der Waals surface area contributed by atoms with E-state index in [1.807, 2.05) is 54.1 Å². The molecule has 0 spiro atoms. The number of nitrogens with zero attached hydrogens (tertiary/aromatic N) is 3. The number of aromatic nitrogens is 2. The number of hydrogen-bond acceptors (Lipinski definition) is 6. The zero-order chi connectivity index (χ0) is 18.2. The summed E-state index contributed by atoms with van der Waals surface area (Å²) in [5.74, 6) is 0.256. The average molecular weight is 391 g/mol. The number of hydrogen-bond donors (Lipinski definition) is 2. The van der Waals surface area contributed by atoms with Gasteiger partial charge in [0.05, 0.1) is 32.5 Å². The van der Waals surface area contributed by atoms with Crippen molar-refractivity contribution in [3.05, 3.63) is 64.2 Å². The van der Waals surface area contributed by atoms with Gasteiger partial charge in [0.25, 0.3) is 5.91 Å². The summed E-state index contributed by atoms with van der Waals surface area (Å²) in [6.45, 7) is 0.419. The number of para-hydroxylation sites is 1. The zero-order valence-corrected chi connectivity index (χ0v) is 15.6. The minimum atomic E-state index is -0.192. The molecule has 2 aromatic heterocycles. The van der Waals surface area contributed by atoms with Crippen molar-refractivity contribution in [2.75, 3.05) is 0 Å². The van der Waals surface area contributed by atoms with Gasteiger partial charge in [-0.05, 0) is 35.9 Å². The summed E-state index contributed by atoms with van der Waals surface area (Å²) in [5.41, 5.74) is 5.16. The van der Waals surface area contributed by atoms with E-state index in [9.17, 15) is 4.79 Å². The molecule has 0 atom stereocenters. The minimum Gasteiger partial charge on any atom is -0.321 e. The van der Waals surface area contributed by atoms with Gasteiger partial charge in [0.1, 0.15) is 10.7 Å². The molecule has 3 heterocycles. The highest BCUT2D eigenvalue weighted by Crippen LogP contribution is 2.22. The van der Waals surface area contributed by atoms with Gasteiger partial charge < -0.3 is 5.32 Å². The Morgan fingerprint density at radius 3 is 2.93 bits per heavy atom. The third-order valence-electron chi connectivity index (χ3n) is 4.11. The van der Waals surface area contributed by atoms with Crippen molar-refractivity contribution in [3.63, 3.8) is 0 Å². The molecule has 1 amide bonds. The number of thiazole rings is 2. The molecule has 0 unspecified atom stereocenters. The molecule has 0 aliphatic carbocycles. The van der Waals surface area contributed by atoms with Gasteiger partial charge in [0, 0.05) is 0 Å². The molecule has 6 nitrogen and oxygen atoms in total. The minimum absolute atomic E-state index is 0.192. The summed E-state index contributed by atoms with van der Waals surface area (Å²) in [4.78, 5) is 25.5. The van der Waals surface area contributed by atoms with Crippen LogP contribution in [0.25, 0.3) is 26.5 Å². The smallest absolute Gasteiger partial charge is 0.274 e. The quantitative estimate of drug-likeness (QED) is 0.524. The zero-order valence-electron chi connectivity index (χ0n) is 14.0. The van der Waals surface area contributed by atoms with Gasteiger partial charge in [-0.3, -0.25) is 10.1 Å². The van der Waals surface area contributed by atoms with Crippen LogP contribution in [0.1, 0.15) is 10.6 Å². The van der Waals surface area contributed by atoms with Crippen molar-refractivity contribution < 1.29 is 4.79 Å². The maximum atomic E-state index is 12.2. The summed E-state index contributed by atoms with van der Waals surface area (Å²) in [5, 5.41) is 6.72. The van der Waals surface area contributed by atoms with E-state index in [0.717, 1.165) is 31.0 Å². The number of carbonyl (C=O) groups excluding carboxylic acids is 1. The molecule has 1 fully saturated rings. The number of nitrogens with one attached hydrogen (secondary N) is 2. The molecule has 1 aliphatic rings. The van der Waals surface area contributed by atoms with Crippen LogP contribution in [0.5, 0.6) is 0 Å². The van der Waals surface area contributed by atoms with Crippen molar-refractivity contribution in [2.45, 2.75) is 6.54 Å². The second-order valence-corrected chi connectivity index (χ2v) is 7.96. The van der Waals surface area contributed by atoms with Crippen molar-refractivity contribution >= 4 is 61.0 Å². The standard InChI is InChI=1S/C19H13N5OS2/c25-18-14(7-11-5-6-12-16(8-11)26-10-21-12)23-19(24-18)20-9-17-22-13-3-1-2-4-15(13)27-17/h1-8,10H,9H2,(H2,20,23,24,25)/b14-7-. The number of guanidine groups is 1. The SMILES string of the molecule is O=C1NC(=NCc2nc3ccccc3s2)N/C1=C\c1ccc2ncsc2c1. The maximum Gasteiger partial charge on any atom is 0.274 e. The van der Waals surface area contributed by atoms with Crippen LogP contribution >= 0.6 is 22.7 Å². The highest BCUT2D eigenvalue weighted by Gasteiger charge is 2.21. The third kappa shape index (κ3) is 3.20. The van der Waals surface area contributed by atoms with Gasteiger partial charge in [-0.2, -0.15) is 0 Å². The number of benzene rings is 2. The second-order valence-electron chi connectivity index (χ2n) is 5.96. The molecule has 0 radical (unpaired) electrons. The number of fused-ring (bicyclic) bond motifs is 2. The first-order valence-corrected chi connectivity index (χ1v) is 9.96. The van der Waals surface area contributed by atoms with E-state index in [4.69, 9.17) is 0 Å². The first-order chi connectivity index (χ1) is 13.2. The van der Waals surface area contributed by atoms with Crippen LogP contribution < -0.4 is 10.6 Å². The van der Waals surface area contributed by atoms with E-state index in [1.165, 1.54) is 0 Å². The molecule has 2 aromatic carbocycles. The lowest BCUT2D eigenvalue weighted by Gasteiger charge is -1.98. The predicted molar refractivity (Wildman–Crippen MR) is 110 cm³/mol. The van der Waals surface area contributed by atoms with E-state index in [2.05, 4.69) is 25.6 Å². The summed E-state index contributed by atoms with van der Waals surface area (Å²) in [6.07, 6.45) is 1.81. The molecule has 1 saturated heterocycles. The fourth-order valence-electron chi connectivity index (χ4n) is 2.83. The van der Waals surface area contributed by atoms with Crippen molar-refractivity contribution in [1.29, 1.82) is 0 Å².